The number of hydrogen-bond donors (Lipinski definition) is 1. The van der Waals surface area contributed by atoms with Crippen molar-refractivity contribution in [1.29, 1.82) is 5.41 Å². The van der Waals surface area contributed by atoms with Gasteiger partial charge in [0.25, 0.3) is 0 Å². The molecule has 1 aromatic heterocycles. The SMILES string of the molecule is C.Cc1c(C=N)c2ccccc2n1C. The molecule has 0 unspecified atom stereocenters. The van der Waals surface area contributed by atoms with Crippen LogP contribution in [0.2, 0.25) is 0 Å². The van der Waals surface area contributed by atoms with Crippen LogP contribution in [0.3, 0.4) is 0 Å². The van der Waals surface area contributed by atoms with E-state index in [4.69, 9.17) is 5.41 Å². The molecular weight excluding hydrogens is 172 g/mol. The van der Waals surface area contributed by atoms with Crippen LogP contribution in [-0.4, -0.2) is 10.8 Å². The second-order valence-electron chi connectivity index (χ2n) is 3.22. The van der Waals surface area contributed by atoms with E-state index in [0.29, 0.717) is 0 Å². The van der Waals surface area contributed by atoms with Crippen molar-refractivity contribution in [1.82, 2.24) is 4.57 Å². The largest absolute Gasteiger partial charge is 0.347 e. The molecule has 0 aliphatic rings. The summed E-state index contributed by atoms with van der Waals surface area (Å²) >= 11 is 0. The third-order valence-corrected chi connectivity index (χ3v) is 2.59. The lowest BCUT2D eigenvalue weighted by Gasteiger charge is -1.96. The lowest BCUT2D eigenvalue weighted by Crippen LogP contribution is -1.91. The van der Waals surface area contributed by atoms with E-state index in [1.165, 1.54) is 11.7 Å². The normalized spacial score (nSPS) is 9.86. The Morgan fingerprint density at radius 3 is 2.57 bits per heavy atom. The summed E-state index contributed by atoms with van der Waals surface area (Å²) < 4.78 is 2.12. The molecule has 0 aliphatic heterocycles. The topological polar surface area (TPSA) is 28.8 Å². The van der Waals surface area contributed by atoms with Gasteiger partial charge in [-0.25, -0.2) is 0 Å². The fourth-order valence-corrected chi connectivity index (χ4v) is 1.73. The highest BCUT2D eigenvalue weighted by Gasteiger charge is 2.07. The summed E-state index contributed by atoms with van der Waals surface area (Å²) in [5, 5.41) is 8.51. The minimum Gasteiger partial charge on any atom is -0.347 e. The molecule has 1 aromatic carbocycles. The van der Waals surface area contributed by atoms with Crippen LogP contribution in [0.25, 0.3) is 10.9 Å². The van der Waals surface area contributed by atoms with E-state index in [0.717, 1.165) is 16.6 Å². The molecule has 0 aliphatic carbocycles. The Morgan fingerprint density at radius 2 is 1.93 bits per heavy atom. The van der Waals surface area contributed by atoms with E-state index < -0.39 is 0 Å². The van der Waals surface area contributed by atoms with Crippen molar-refractivity contribution >= 4 is 17.1 Å². The van der Waals surface area contributed by atoms with Gasteiger partial charge in [-0.3, -0.25) is 0 Å². The van der Waals surface area contributed by atoms with Crippen LogP contribution in [0.15, 0.2) is 24.3 Å². The Bertz CT molecular complexity index is 466. The minimum absolute atomic E-state index is 0. The van der Waals surface area contributed by atoms with Gasteiger partial charge in [0.2, 0.25) is 0 Å². The average molecular weight is 188 g/mol. The van der Waals surface area contributed by atoms with Gasteiger partial charge in [-0.2, -0.15) is 0 Å². The van der Waals surface area contributed by atoms with Gasteiger partial charge in [-0.15, -0.1) is 0 Å². The van der Waals surface area contributed by atoms with E-state index in [9.17, 15) is 0 Å². The van der Waals surface area contributed by atoms with Gasteiger partial charge in [0.1, 0.15) is 0 Å². The number of aryl methyl sites for hydroxylation is 1. The zero-order valence-electron chi connectivity index (χ0n) is 7.83. The quantitative estimate of drug-likeness (QED) is 0.666. The highest BCUT2D eigenvalue weighted by Crippen LogP contribution is 2.22. The molecule has 2 nitrogen and oxygen atoms in total. The van der Waals surface area contributed by atoms with Gasteiger partial charge in [0.05, 0.1) is 0 Å². The molecule has 74 valence electrons. The van der Waals surface area contributed by atoms with Crippen molar-refractivity contribution in [2.75, 3.05) is 0 Å². The molecular formula is C12H16N2. The first kappa shape index (κ1) is 10.5. The zero-order valence-corrected chi connectivity index (χ0v) is 7.83. The van der Waals surface area contributed by atoms with Gasteiger partial charge in [0.15, 0.2) is 0 Å². The Hall–Kier alpha value is -1.57. The molecule has 2 rings (SSSR count). The standard InChI is InChI=1S/C11H12N2.CH4/c1-8-10(7-12)9-5-3-4-6-11(9)13(8)2;/h3-7,12H,1-2H3;1H4. The lowest BCUT2D eigenvalue weighted by atomic mass is 10.1. The van der Waals surface area contributed by atoms with Crippen LogP contribution in [0.5, 0.6) is 0 Å². The van der Waals surface area contributed by atoms with Crippen LogP contribution >= 0.6 is 0 Å². The number of nitrogens with zero attached hydrogens (tertiary/aromatic N) is 1. The summed E-state index contributed by atoms with van der Waals surface area (Å²) in [6.45, 7) is 2.04. The van der Waals surface area contributed by atoms with Gasteiger partial charge in [-0.05, 0) is 13.0 Å². The third kappa shape index (κ3) is 1.23. The predicted octanol–water partition coefficient (Wildman–Crippen LogP) is 3.12. The Labute approximate surface area is 84.7 Å². The molecule has 0 fully saturated rings. The van der Waals surface area contributed by atoms with Crippen LogP contribution in [0.4, 0.5) is 0 Å². The number of rotatable bonds is 1. The molecule has 0 saturated heterocycles. The third-order valence-electron chi connectivity index (χ3n) is 2.59. The van der Waals surface area contributed by atoms with Crippen LogP contribution in [0, 0.1) is 12.3 Å². The average Bonchev–Trinajstić information content (AvgIpc) is 2.41. The summed E-state index contributed by atoms with van der Waals surface area (Å²) in [5.74, 6) is 0. The van der Waals surface area contributed by atoms with Crippen LogP contribution in [-0.2, 0) is 7.05 Å². The molecule has 14 heavy (non-hydrogen) atoms. The summed E-state index contributed by atoms with van der Waals surface area (Å²) in [6.07, 6.45) is 1.43. The van der Waals surface area contributed by atoms with Gasteiger partial charge >= 0.3 is 0 Å². The van der Waals surface area contributed by atoms with Crippen molar-refractivity contribution < 1.29 is 0 Å². The maximum atomic E-state index is 7.34. The number of nitrogens with one attached hydrogen (secondary N) is 1. The molecule has 2 heteroatoms. The molecule has 0 saturated carbocycles. The molecule has 0 radical (unpaired) electrons. The lowest BCUT2D eigenvalue weighted by molar-refractivity contribution is 0.916. The van der Waals surface area contributed by atoms with Gasteiger partial charge in [0, 0.05) is 35.4 Å². The maximum Gasteiger partial charge on any atom is 0.0486 e. The van der Waals surface area contributed by atoms with Gasteiger partial charge < -0.3 is 9.98 Å². The van der Waals surface area contributed by atoms with Crippen molar-refractivity contribution in [3.8, 4) is 0 Å². The Balaban J connectivity index is 0.000000980. The molecule has 0 spiro atoms. The van der Waals surface area contributed by atoms with E-state index in [1.54, 1.807) is 0 Å². The fraction of sp³-hybridized carbons (Fsp3) is 0.250. The molecule has 0 amide bonds. The number of fused-ring (bicyclic) bond motifs is 1. The molecule has 2 aromatic rings. The smallest absolute Gasteiger partial charge is 0.0486 e. The van der Waals surface area contributed by atoms with Crippen LogP contribution < -0.4 is 0 Å². The minimum atomic E-state index is 0. The van der Waals surface area contributed by atoms with Crippen molar-refractivity contribution in [3.05, 3.63) is 35.5 Å². The molecule has 0 bridgehead atoms. The summed E-state index contributed by atoms with van der Waals surface area (Å²) in [4.78, 5) is 0. The van der Waals surface area contributed by atoms with Crippen LogP contribution in [0.1, 0.15) is 18.7 Å². The first-order valence-electron chi connectivity index (χ1n) is 4.30. The molecule has 0 atom stereocenters. The zero-order chi connectivity index (χ0) is 9.42. The number of para-hydroxylation sites is 1. The predicted molar refractivity (Wildman–Crippen MR) is 62.3 cm³/mol. The summed E-state index contributed by atoms with van der Waals surface area (Å²) in [5.41, 5.74) is 3.37. The maximum absolute atomic E-state index is 7.34. The highest BCUT2D eigenvalue weighted by molar-refractivity contribution is 6.00. The van der Waals surface area contributed by atoms with E-state index in [-0.39, 0.29) is 7.43 Å². The van der Waals surface area contributed by atoms with Gasteiger partial charge in [-0.1, -0.05) is 25.6 Å². The summed E-state index contributed by atoms with van der Waals surface area (Å²) in [6, 6.07) is 8.17. The summed E-state index contributed by atoms with van der Waals surface area (Å²) in [7, 11) is 2.03. The van der Waals surface area contributed by atoms with E-state index >= 15 is 0 Å². The van der Waals surface area contributed by atoms with Crippen molar-refractivity contribution in [2.24, 2.45) is 7.05 Å². The number of hydrogen-bond acceptors (Lipinski definition) is 1. The molecule has 1 heterocycles. The first-order valence-corrected chi connectivity index (χ1v) is 4.30. The first-order chi connectivity index (χ1) is 6.25. The Kier molecular flexibility index (Phi) is 2.75. The highest BCUT2D eigenvalue weighted by atomic mass is 14.9. The second kappa shape index (κ2) is 3.66. The van der Waals surface area contributed by atoms with Crippen molar-refractivity contribution in [3.63, 3.8) is 0 Å². The van der Waals surface area contributed by atoms with Crippen molar-refractivity contribution in [2.45, 2.75) is 14.4 Å². The number of aromatic nitrogens is 1. The second-order valence-corrected chi connectivity index (χ2v) is 3.22. The molecule has 1 N–H and O–H groups in total. The number of benzene rings is 1. The van der Waals surface area contributed by atoms with E-state index in [1.807, 2.05) is 26.1 Å². The fourth-order valence-electron chi connectivity index (χ4n) is 1.73. The monoisotopic (exact) mass is 188 g/mol. The van der Waals surface area contributed by atoms with E-state index in [2.05, 4.69) is 16.7 Å². The Morgan fingerprint density at radius 1 is 1.29 bits per heavy atom.